The van der Waals surface area contributed by atoms with Crippen LogP contribution in [0.2, 0.25) is 0 Å². The van der Waals surface area contributed by atoms with Crippen LogP contribution in [0.15, 0.2) is 46.9 Å². The number of aromatic nitrogens is 1. The highest BCUT2D eigenvalue weighted by molar-refractivity contribution is 14.1. The van der Waals surface area contributed by atoms with Crippen molar-refractivity contribution in [3.63, 3.8) is 0 Å². The van der Waals surface area contributed by atoms with Crippen LogP contribution in [-0.4, -0.2) is 11.0 Å². The second-order valence-electron chi connectivity index (χ2n) is 4.26. The van der Waals surface area contributed by atoms with Gasteiger partial charge in [0, 0.05) is 16.6 Å². The molecule has 0 radical (unpaired) electrons. The molecular weight excluding hydrogens is 369 g/mol. The van der Waals surface area contributed by atoms with E-state index in [0.29, 0.717) is 28.3 Å². The molecule has 0 N–H and O–H groups in total. The first kappa shape index (κ1) is 13.1. The van der Waals surface area contributed by atoms with E-state index in [9.17, 15) is 4.79 Å². The van der Waals surface area contributed by atoms with Gasteiger partial charge in [-0.15, -0.1) is 0 Å². The molecule has 0 amide bonds. The van der Waals surface area contributed by atoms with E-state index in [4.69, 9.17) is 9.15 Å². The van der Waals surface area contributed by atoms with E-state index in [0.717, 1.165) is 3.57 Å². The summed E-state index contributed by atoms with van der Waals surface area (Å²) >= 11 is 2.18. The van der Waals surface area contributed by atoms with Gasteiger partial charge >= 0.3 is 5.97 Å². The van der Waals surface area contributed by atoms with Crippen LogP contribution >= 0.6 is 22.6 Å². The van der Waals surface area contributed by atoms with Crippen molar-refractivity contribution >= 4 is 39.7 Å². The molecule has 0 saturated heterocycles. The number of hydrogen-bond acceptors (Lipinski definition) is 4. The summed E-state index contributed by atoms with van der Waals surface area (Å²) in [6.07, 6.45) is 0. The van der Waals surface area contributed by atoms with Crippen molar-refractivity contribution in [2.24, 2.45) is 0 Å². The number of ether oxygens (including phenoxy) is 1. The third kappa shape index (κ3) is 2.67. The third-order valence-corrected chi connectivity index (χ3v) is 3.48. The highest BCUT2D eigenvalue weighted by Crippen LogP contribution is 2.22. The van der Waals surface area contributed by atoms with Crippen LogP contribution in [-0.2, 0) is 0 Å². The summed E-state index contributed by atoms with van der Waals surface area (Å²) in [7, 11) is 0. The Morgan fingerprint density at radius 1 is 1.20 bits per heavy atom. The number of esters is 1. The molecule has 0 aliphatic heterocycles. The van der Waals surface area contributed by atoms with Crippen LogP contribution in [0, 0.1) is 10.5 Å². The van der Waals surface area contributed by atoms with Crippen LogP contribution in [0.5, 0.6) is 5.75 Å². The molecule has 0 aliphatic carbocycles. The van der Waals surface area contributed by atoms with E-state index in [1.807, 2.05) is 12.1 Å². The maximum absolute atomic E-state index is 12.0. The molecule has 0 atom stereocenters. The van der Waals surface area contributed by atoms with Gasteiger partial charge in [-0.05, 0) is 59.0 Å². The monoisotopic (exact) mass is 379 g/mol. The summed E-state index contributed by atoms with van der Waals surface area (Å²) in [4.78, 5) is 16.2. The number of fused-ring (bicyclic) bond motifs is 1. The molecule has 3 aromatic rings. The minimum atomic E-state index is -0.388. The fourth-order valence-corrected chi connectivity index (χ4v) is 2.20. The predicted molar refractivity (Wildman–Crippen MR) is 82.9 cm³/mol. The molecule has 100 valence electrons. The van der Waals surface area contributed by atoms with Crippen LogP contribution in [0.3, 0.4) is 0 Å². The van der Waals surface area contributed by atoms with Crippen LogP contribution in [0.25, 0.3) is 11.1 Å². The summed E-state index contributed by atoms with van der Waals surface area (Å²) in [5, 5.41) is 0. The predicted octanol–water partition coefficient (Wildman–Crippen LogP) is 3.96. The average Bonchev–Trinajstić information content (AvgIpc) is 2.78. The number of nitrogens with zero attached hydrogens (tertiary/aromatic N) is 1. The Bertz CT molecular complexity index is 777. The van der Waals surface area contributed by atoms with Crippen molar-refractivity contribution < 1.29 is 13.9 Å². The van der Waals surface area contributed by atoms with E-state index in [2.05, 4.69) is 27.6 Å². The first-order valence-electron chi connectivity index (χ1n) is 5.97. The standard InChI is InChI=1S/C15H10INO3/c1-9-17-13-8-12(6-7-14(13)19-9)20-15(18)10-2-4-11(16)5-3-10/h2-8H,1H3. The quantitative estimate of drug-likeness (QED) is 0.384. The number of carbonyl (C=O) groups is 1. The van der Waals surface area contributed by atoms with Crippen molar-refractivity contribution in [2.45, 2.75) is 6.92 Å². The summed E-state index contributed by atoms with van der Waals surface area (Å²) in [5.41, 5.74) is 1.87. The Morgan fingerprint density at radius 2 is 1.95 bits per heavy atom. The molecule has 3 rings (SSSR count). The lowest BCUT2D eigenvalue weighted by Crippen LogP contribution is -2.08. The van der Waals surface area contributed by atoms with Gasteiger partial charge in [-0.2, -0.15) is 0 Å². The first-order valence-corrected chi connectivity index (χ1v) is 7.04. The molecule has 0 aliphatic rings. The van der Waals surface area contributed by atoms with E-state index < -0.39 is 0 Å². The van der Waals surface area contributed by atoms with Crippen LogP contribution in [0.4, 0.5) is 0 Å². The molecule has 20 heavy (non-hydrogen) atoms. The number of benzene rings is 2. The number of rotatable bonds is 2. The first-order chi connectivity index (χ1) is 9.61. The second-order valence-corrected chi connectivity index (χ2v) is 5.50. The van der Waals surface area contributed by atoms with Gasteiger partial charge in [-0.25, -0.2) is 9.78 Å². The lowest BCUT2D eigenvalue weighted by Gasteiger charge is -2.04. The summed E-state index contributed by atoms with van der Waals surface area (Å²) < 4.78 is 11.8. The Balaban J connectivity index is 1.84. The van der Waals surface area contributed by atoms with E-state index in [-0.39, 0.29) is 5.97 Å². The fraction of sp³-hybridized carbons (Fsp3) is 0.0667. The maximum atomic E-state index is 12.0. The van der Waals surface area contributed by atoms with E-state index >= 15 is 0 Å². The van der Waals surface area contributed by atoms with Crippen molar-refractivity contribution in [1.29, 1.82) is 0 Å². The Morgan fingerprint density at radius 3 is 2.70 bits per heavy atom. The highest BCUT2D eigenvalue weighted by Gasteiger charge is 2.10. The van der Waals surface area contributed by atoms with E-state index in [1.165, 1.54) is 0 Å². The molecule has 1 heterocycles. The highest BCUT2D eigenvalue weighted by atomic mass is 127. The van der Waals surface area contributed by atoms with E-state index in [1.54, 1.807) is 37.3 Å². The lowest BCUT2D eigenvalue weighted by molar-refractivity contribution is 0.0735. The SMILES string of the molecule is Cc1nc2cc(OC(=O)c3ccc(I)cc3)ccc2o1. The van der Waals surface area contributed by atoms with Crippen molar-refractivity contribution in [2.75, 3.05) is 0 Å². The van der Waals surface area contributed by atoms with Gasteiger partial charge in [0.15, 0.2) is 11.5 Å². The molecule has 2 aromatic carbocycles. The number of hydrogen-bond donors (Lipinski definition) is 0. The number of halogens is 1. The second kappa shape index (κ2) is 5.24. The summed E-state index contributed by atoms with van der Waals surface area (Å²) in [5.74, 6) is 0.649. The summed E-state index contributed by atoms with van der Waals surface area (Å²) in [6, 6.07) is 12.3. The molecule has 4 nitrogen and oxygen atoms in total. The molecule has 0 bridgehead atoms. The molecule has 0 saturated carbocycles. The smallest absolute Gasteiger partial charge is 0.343 e. The third-order valence-electron chi connectivity index (χ3n) is 2.76. The molecule has 1 aromatic heterocycles. The van der Waals surface area contributed by atoms with Crippen molar-refractivity contribution in [3.8, 4) is 5.75 Å². The van der Waals surface area contributed by atoms with Crippen LogP contribution in [0.1, 0.15) is 16.2 Å². The zero-order chi connectivity index (χ0) is 14.1. The van der Waals surface area contributed by atoms with Gasteiger partial charge in [-0.3, -0.25) is 0 Å². The molecule has 0 spiro atoms. The summed E-state index contributed by atoms with van der Waals surface area (Å²) in [6.45, 7) is 1.78. The van der Waals surface area contributed by atoms with Gasteiger partial charge in [0.1, 0.15) is 11.3 Å². The molecule has 0 fully saturated rings. The topological polar surface area (TPSA) is 52.3 Å². The number of oxazole rings is 1. The fourth-order valence-electron chi connectivity index (χ4n) is 1.84. The molecule has 5 heteroatoms. The maximum Gasteiger partial charge on any atom is 0.343 e. The number of aryl methyl sites for hydroxylation is 1. The average molecular weight is 379 g/mol. The zero-order valence-corrected chi connectivity index (χ0v) is 12.7. The van der Waals surface area contributed by atoms with Gasteiger partial charge in [-0.1, -0.05) is 0 Å². The van der Waals surface area contributed by atoms with Gasteiger partial charge < -0.3 is 9.15 Å². The Hall–Kier alpha value is -1.89. The number of carbonyl (C=O) groups excluding carboxylic acids is 1. The Labute approximate surface area is 128 Å². The zero-order valence-electron chi connectivity index (χ0n) is 10.6. The minimum Gasteiger partial charge on any atom is -0.441 e. The Kier molecular flexibility index (Phi) is 3.43. The molecule has 0 unspecified atom stereocenters. The normalized spacial score (nSPS) is 10.7. The largest absolute Gasteiger partial charge is 0.441 e. The van der Waals surface area contributed by atoms with Gasteiger partial charge in [0.25, 0.3) is 0 Å². The van der Waals surface area contributed by atoms with Crippen LogP contribution < -0.4 is 4.74 Å². The lowest BCUT2D eigenvalue weighted by atomic mass is 10.2. The minimum absolute atomic E-state index is 0.388. The van der Waals surface area contributed by atoms with Gasteiger partial charge in [0.2, 0.25) is 0 Å². The molecular formula is C15H10INO3. The van der Waals surface area contributed by atoms with Crippen molar-refractivity contribution in [1.82, 2.24) is 4.98 Å². The van der Waals surface area contributed by atoms with Gasteiger partial charge in [0.05, 0.1) is 5.56 Å². The van der Waals surface area contributed by atoms with Crippen molar-refractivity contribution in [3.05, 3.63) is 57.5 Å².